The Morgan fingerprint density at radius 1 is 1.14 bits per heavy atom. The van der Waals surface area contributed by atoms with Gasteiger partial charge in [-0.05, 0) is 36.5 Å². The molecule has 1 aliphatic rings. The third-order valence-electron chi connectivity index (χ3n) is 4.22. The minimum Gasteiger partial charge on any atom is -0.399 e. The van der Waals surface area contributed by atoms with E-state index >= 15 is 0 Å². The molecule has 3 nitrogen and oxygen atoms in total. The molecule has 1 aromatic carbocycles. The number of benzene rings is 1. The van der Waals surface area contributed by atoms with Crippen molar-refractivity contribution in [2.24, 2.45) is 5.92 Å². The van der Waals surface area contributed by atoms with Crippen molar-refractivity contribution in [1.82, 2.24) is 5.32 Å². The number of carbonyl (C=O) groups is 1. The molecule has 0 aromatic heterocycles. The summed E-state index contributed by atoms with van der Waals surface area (Å²) in [7, 11) is 0. The highest BCUT2D eigenvalue weighted by atomic mass is 35.5. The topological polar surface area (TPSA) is 55.1 Å². The molecule has 1 amide bonds. The highest BCUT2D eigenvalue weighted by Crippen LogP contribution is 2.27. The van der Waals surface area contributed by atoms with E-state index in [0.29, 0.717) is 13.0 Å². The third-order valence-corrected chi connectivity index (χ3v) is 4.22. The predicted octanol–water partition coefficient (Wildman–Crippen LogP) is 3.71. The SMILES string of the molecule is Cl.Nc1ccc(CCNC(=O)CCC2CCCCC2)cc1. The molecule has 1 saturated carbocycles. The van der Waals surface area contributed by atoms with Gasteiger partial charge in [0.2, 0.25) is 5.91 Å². The Morgan fingerprint density at radius 2 is 1.81 bits per heavy atom. The first-order chi connectivity index (χ1) is 9.74. The molecule has 0 heterocycles. The number of hydrogen-bond acceptors (Lipinski definition) is 2. The fourth-order valence-electron chi connectivity index (χ4n) is 2.93. The lowest BCUT2D eigenvalue weighted by molar-refractivity contribution is -0.121. The van der Waals surface area contributed by atoms with E-state index < -0.39 is 0 Å². The van der Waals surface area contributed by atoms with E-state index in [1.165, 1.54) is 37.7 Å². The van der Waals surface area contributed by atoms with Crippen LogP contribution in [0.2, 0.25) is 0 Å². The minimum atomic E-state index is 0. The Balaban J connectivity index is 0.00000220. The Bertz CT molecular complexity index is 413. The lowest BCUT2D eigenvalue weighted by atomic mass is 9.86. The lowest BCUT2D eigenvalue weighted by Crippen LogP contribution is -2.26. The largest absolute Gasteiger partial charge is 0.399 e. The number of nitrogen functional groups attached to an aromatic ring is 1. The van der Waals surface area contributed by atoms with Gasteiger partial charge in [0.15, 0.2) is 0 Å². The molecule has 0 atom stereocenters. The maximum Gasteiger partial charge on any atom is 0.220 e. The number of hydrogen-bond donors (Lipinski definition) is 2. The van der Waals surface area contributed by atoms with E-state index in [4.69, 9.17) is 5.73 Å². The molecule has 0 unspecified atom stereocenters. The van der Waals surface area contributed by atoms with Crippen molar-refractivity contribution >= 4 is 24.0 Å². The minimum absolute atomic E-state index is 0. The predicted molar refractivity (Wildman–Crippen MR) is 90.6 cm³/mol. The van der Waals surface area contributed by atoms with Crippen LogP contribution in [0.4, 0.5) is 5.69 Å². The van der Waals surface area contributed by atoms with Crippen molar-refractivity contribution in [1.29, 1.82) is 0 Å². The standard InChI is InChI=1S/C17H26N2O.ClH/c18-16-9-6-15(7-10-16)12-13-19-17(20)11-8-14-4-2-1-3-5-14;/h6-7,9-10,14H,1-5,8,11-13,18H2,(H,19,20);1H. The van der Waals surface area contributed by atoms with Crippen molar-refractivity contribution < 1.29 is 4.79 Å². The number of halogens is 1. The smallest absolute Gasteiger partial charge is 0.220 e. The van der Waals surface area contributed by atoms with Gasteiger partial charge in [0.05, 0.1) is 0 Å². The van der Waals surface area contributed by atoms with Gasteiger partial charge in [0.25, 0.3) is 0 Å². The number of rotatable bonds is 6. The molecule has 0 spiro atoms. The average Bonchev–Trinajstić information content (AvgIpc) is 2.48. The van der Waals surface area contributed by atoms with E-state index in [-0.39, 0.29) is 18.3 Å². The molecule has 1 aliphatic carbocycles. The normalized spacial score (nSPS) is 15.2. The zero-order valence-corrected chi connectivity index (χ0v) is 13.5. The van der Waals surface area contributed by atoms with Crippen LogP contribution >= 0.6 is 12.4 Å². The van der Waals surface area contributed by atoms with Gasteiger partial charge in [-0.3, -0.25) is 4.79 Å². The van der Waals surface area contributed by atoms with Crippen LogP contribution in [0.1, 0.15) is 50.5 Å². The fourth-order valence-corrected chi connectivity index (χ4v) is 2.93. The molecule has 4 heteroatoms. The summed E-state index contributed by atoms with van der Waals surface area (Å²) in [6.45, 7) is 0.716. The number of carbonyl (C=O) groups excluding carboxylic acids is 1. The van der Waals surface area contributed by atoms with Gasteiger partial charge in [0.1, 0.15) is 0 Å². The molecule has 21 heavy (non-hydrogen) atoms. The molecular weight excluding hydrogens is 284 g/mol. The van der Waals surface area contributed by atoms with Crippen molar-refractivity contribution in [2.45, 2.75) is 51.4 Å². The highest BCUT2D eigenvalue weighted by molar-refractivity contribution is 5.85. The second-order valence-electron chi connectivity index (χ2n) is 5.88. The Labute approximate surface area is 134 Å². The number of anilines is 1. The summed E-state index contributed by atoms with van der Waals surface area (Å²) in [5, 5.41) is 3.02. The molecule has 1 aromatic rings. The average molecular weight is 311 g/mol. The number of nitrogens with two attached hydrogens (primary N) is 1. The maximum absolute atomic E-state index is 11.8. The van der Waals surface area contributed by atoms with E-state index in [1.807, 2.05) is 24.3 Å². The maximum atomic E-state index is 11.8. The van der Waals surface area contributed by atoms with Crippen LogP contribution in [-0.2, 0) is 11.2 Å². The summed E-state index contributed by atoms with van der Waals surface area (Å²) in [5.41, 5.74) is 7.64. The summed E-state index contributed by atoms with van der Waals surface area (Å²) in [4.78, 5) is 11.8. The molecule has 3 N–H and O–H groups in total. The fraction of sp³-hybridized carbons (Fsp3) is 0.588. The Kier molecular flexibility index (Phi) is 8.21. The van der Waals surface area contributed by atoms with Gasteiger partial charge >= 0.3 is 0 Å². The van der Waals surface area contributed by atoms with Crippen LogP contribution in [0.25, 0.3) is 0 Å². The van der Waals surface area contributed by atoms with Gasteiger partial charge in [-0.1, -0.05) is 44.2 Å². The molecule has 118 valence electrons. The summed E-state index contributed by atoms with van der Waals surface area (Å²) in [6.07, 6.45) is 9.34. The number of amides is 1. The van der Waals surface area contributed by atoms with Crippen molar-refractivity contribution in [3.05, 3.63) is 29.8 Å². The van der Waals surface area contributed by atoms with E-state index in [0.717, 1.165) is 24.4 Å². The van der Waals surface area contributed by atoms with Gasteiger partial charge < -0.3 is 11.1 Å². The first-order valence-corrected chi connectivity index (χ1v) is 7.85. The van der Waals surface area contributed by atoms with Gasteiger partial charge in [0, 0.05) is 18.7 Å². The highest BCUT2D eigenvalue weighted by Gasteiger charge is 2.14. The molecule has 1 fully saturated rings. The summed E-state index contributed by atoms with van der Waals surface area (Å²) < 4.78 is 0. The van der Waals surface area contributed by atoms with Crippen molar-refractivity contribution in [3.8, 4) is 0 Å². The first-order valence-electron chi connectivity index (χ1n) is 7.85. The summed E-state index contributed by atoms with van der Waals surface area (Å²) in [6, 6.07) is 7.84. The van der Waals surface area contributed by atoms with Gasteiger partial charge in [-0.15, -0.1) is 12.4 Å². The van der Waals surface area contributed by atoms with Crippen LogP contribution in [0.3, 0.4) is 0 Å². The molecule has 0 saturated heterocycles. The molecule has 0 bridgehead atoms. The van der Waals surface area contributed by atoms with Crippen LogP contribution in [0, 0.1) is 5.92 Å². The van der Waals surface area contributed by atoms with E-state index in [1.54, 1.807) is 0 Å². The number of nitrogens with one attached hydrogen (secondary N) is 1. The summed E-state index contributed by atoms with van der Waals surface area (Å²) >= 11 is 0. The van der Waals surface area contributed by atoms with E-state index in [2.05, 4.69) is 5.32 Å². The van der Waals surface area contributed by atoms with Crippen LogP contribution in [-0.4, -0.2) is 12.5 Å². The van der Waals surface area contributed by atoms with Gasteiger partial charge in [-0.25, -0.2) is 0 Å². The summed E-state index contributed by atoms with van der Waals surface area (Å²) in [5.74, 6) is 0.984. The zero-order valence-electron chi connectivity index (χ0n) is 12.6. The van der Waals surface area contributed by atoms with Crippen molar-refractivity contribution in [3.63, 3.8) is 0 Å². The quantitative estimate of drug-likeness (QED) is 0.787. The van der Waals surface area contributed by atoms with Crippen LogP contribution in [0.15, 0.2) is 24.3 Å². The molecule has 0 radical (unpaired) electrons. The zero-order chi connectivity index (χ0) is 14.2. The molecule has 0 aliphatic heterocycles. The molecule has 2 rings (SSSR count). The van der Waals surface area contributed by atoms with Crippen molar-refractivity contribution in [2.75, 3.05) is 12.3 Å². The van der Waals surface area contributed by atoms with Crippen LogP contribution in [0.5, 0.6) is 0 Å². The van der Waals surface area contributed by atoms with Gasteiger partial charge in [-0.2, -0.15) is 0 Å². The second kappa shape index (κ2) is 9.67. The second-order valence-corrected chi connectivity index (χ2v) is 5.88. The monoisotopic (exact) mass is 310 g/mol. The first kappa shape index (κ1) is 17.8. The van der Waals surface area contributed by atoms with E-state index in [9.17, 15) is 4.79 Å². The Morgan fingerprint density at radius 3 is 2.48 bits per heavy atom. The Hall–Kier alpha value is -1.22. The third kappa shape index (κ3) is 6.85. The molecular formula is C17H27ClN2O. The lowest BCUT2D eigenvalue weighted by Gasteiger charge is -2.20. The van der Waals surface area contributed by atoms with Crippen LogP contribution < -0.4 is 11.1 Å².